The molecule has 32 heavy (non-hydrogen) atoms. The minimum Gasteiger partial charge on any atom is -0.475 e. The fourth-order valence-corrected chi connectivity index (χ4v) is 2.84. The highest BCUT2D eigenvalue weighted by atomic mass is 19.4. The van der Waals surface area contributed by atoms with Crippen molar-refractivity contribution in [2.75, 3.05) is 20.0 Å². The standard InChI is InChI=1S/C19H20F3NO9/c1-11-7-12(2)15-13(8-11)9-14(16(32-15)19(20,21)22)17(24)29-10-30-18(25)28-5-3-4-6-31-23(26)27/h7-9,16H,3-6,10H2,1-2H3. The molecule has 0 saturated carbocycles. The Morgan fingerprint density at radius 3 is 2.47 bits per heavy atom. The van der Waals surface area contributed by atoms with E-state index in [9.17, 15) is 32.9 Å². The highest BCUT2D eigenvalue weighted by Gasteiger charge is 2.49. The van der Waals surface area contributed by atoms with E-state index in [1.165, 1.54) is 0 Å². The van der Waals surface area contributed by atoms with Crippen molar-refractivity contribution in [2.45, 2.75) is 39.0 Å². The molecule has 2 rings (SSSR count). The predicted octanol–water partition coefficient (Wildman–Crippen LogP) is 3.65. The van der Waals surface area contributed by atoms with E-state index < -0.39 is 41.9 Å². The topological polar surface area (TPSA) is 123 Å². The zero-order chi connectivity index (χ0) is 23.9. The van der Waals surface area contributed by atoms with Crippen molar-refractivity contribution in [1.29, 1.82) is 0 Å². The van der Waals surface area contributed by atoms with E-state index in [1.807, 2.05) is 0 Å². The van der Waals surface area contributed by atoms with Crippen LogP contribution in [0, 0.1) is 24.0 Å². The molecule has 0 spiro atoms. The van der Waals surface area contributed by atoms with Crippen LogP contribution >= 0.6 is 0 Å². The van der Waals surface area contributed by atoms with E-state index in [2.05, 4.69) is 19.0 Å². The summed E-state index contributed by atoms with van der Waals surface area (Å²) in [5, 5.41) is 9.00. The van der Waals surface area contributed by atoms with Crippen LogP contribution in [0.15, 0.2) is 17.7 Å². The molecule has 0 bridgehead atoms. The molecule has 1 aliphatic heterocycles. The van der Waals surface area contributed by atoms with E-state index in [-0.39, 0.29) is 37.4 Å². The van der Waals surface area contributed by atoms with Crippen LogP contribution in [-0.2, 0) is 23.8 Å². The molecule has 0 radical (unpaired) electrons. The zero-order valence-corrected chi connectivity index (χ0v) is 17.1. The number of benzene rings is 1. The van der Waals surface area contributed by atoms with Crippen LogP contribution in [-0.4, -0.2) is 49.5 Å². The van der Waals surface area contributed by atoms with Gasteiger partial charge in [-0.25, -0.2) is 9.59 Å². The molecule has 10 nitrogen and oxygen atoms in total. The van der Waals surface area contributed by atoms with Crippen molar-refractivity contribution < 1.29 is 51.6 Å². The second-order valence-corrected chi connectivity index (χ2v) is 6.70. The summed E-state index contributed by atoms with van der Waals surface area (Å²) in [6, 6.07) is 3.21. The van der Waals surface area contributed by atoms with Crippen molar-refractivity contribution in [1.82, 2.24) is 0 Å². The highest BCUT2D eigenvalue weighted by molar-refractivity contribution is 5.96. The molecule has 0 fully saturated rings. The third kappa shape index (κ3) is 7.03. The first-order valence-corrected chi connectivity index (χ1v) is 9.29. The number of esters is 1. The maximum Gasteiger partial charge on any atom is 0.511 e. The number of carbonyl (C=O) groups excluding carboxylic acids is 2. The number of hydrogen-bond acceptors (Lipinski definition) is 9. The Balaban J connectivity index is 1.90. The van der Waals surface area contributed by atoms with Crippen LogP contribution in [0.1, 0.15) is 29.5 Å². The first-order chi connectivity index (χ1) is 15.0. The molecule has 0 amide bonds. The Labute approximate surface area is 179 Å². The van der Waals surface area contributed by atoms with Gasteiger partial charge in [-0.05, 0) is 44.4 Å². The molecule has 1 aliphatic rings. The smallest absolute Gasteiger partial charge is 0.475 e. The summed E-state index contributed by atoms with van der Waals surface area (Å²) in [4.78, 5) is 37.7. The van der Waals surface area contributed by atoms with Gasteiger partial charge in [-0.1, -0.05) is 11.6 Å². The fraction of sp³-hybridized carbons (Fsp3) is 0.474. The van der Waals surface area contributed by atoms with E-state index in [0.717, 1.165) is 11.6 Å². The number of rotatable bonds is 9. The molecule has 13 heteroatoms. The molecule has 1 atom stereocenters. The number of aryl methyl sites for hydroxylation is 2. The lowest BCUT2D eigenvalue weighted by atomic mass is 9.97. The first-order valence-electron chi connectivity index (χ1n) is 9.29. The second kappa shape index (κ2) is 10.7. The molecule has 176 valence electrons. The van der Waals surface area contributed by atoms with Crippen molar-refractivity contribution in [3.63, 3.8) is 0 Å². The number of halogens is 3. The number of carbonyl (C=O) groups is 2. The van der Waals surface area contributed by atoms with E-state index >= 15 is 0 Å². The van der Waals surface area contributed by atoms with Crippen molar-refractivity contribution in [2.24, 2.45) is 0 Å². The van der Waals surface area contributed by atoms with Gasteiger partial charge in [0.2, 0.25) is 12.9 Å². The monoisotopic (exact) mass is 463 g/mol. The highest BCUT2D eigenvalue weighted by Crippen LogP contribution is 2.39. The summed E-state index contributed by atoms with van der Waals surface area (Å²) in [6.07, 6.45) is -7.17. The number of hydrogen-bond donors (Lipinski definition) is 0. The molecule has 0 aliphatic carbocycles. The average Bonchev–Trinajstić information content (AvgIpc) is 2.68. The minimum absolute atomic E-state index is 0.0120. The van der Waals surface area contributed by atoms with Gasteiger partial charge >= 0.3 is 18.3 Å². The fourth-order valence-electron chi connectivity index (χ4n) is 2.84. The lowest BCUT2D eigenvalue weighted by Gasteiger charge is -2.29. The molecule has 1 aromatic carbocycles. The Bertz CT molecular complexity index is 899. The van der Waals surface area contributed by atoms with E-state index in [4.69, 9.17) is 4.74 Å². The predicted molar refractivity (Wildman–Crippen MR) is 99.9 cm³/mol. The summed E-state index contributed by atoms with van der Waals surface area (Å²) in [7, 11) is 0. The minimum atomic E-state index is -4.89. The number of ether oxygens (including phenoxy) is 4. The SMILES string of the molecule is Cc1cc(C)c2c(c1)C=C(C(=O)OCOC(=O)OCCCCO[N+](=O)[O-])C(C(F)(F)F)O2. The number of alkyl halides is 3. The number of fused-ring (bicyclic) bond motifs is 1. The third-order valence-corrected chi connectivity index (χ3v) is 4.13. The van der Waals surface area contributed by atoms with Gasteiger partial charge in [0.1, 0.15) is 5.75 Å². The first kappa shape index (κ1) is 24.8. The maximum absolute atomic E-state index is 13.5. The molecule has 0 aromatic heterocycles. The Kier molecular flexibility index (Phi) is 8.27. The quantitative estimate of drug-likeness (QED) is 0.177. The van der Waals surface area contributed by atoms with E-state index in [0.29, 0.717) is 5.56 Å². The molecule has 0 saturated heterocycles. The lowest BCUT2D eigenvalue weighted by molar-refractivity contribution is -0.757. The Hall–Kier alpha value is -3.51. The molecule has 0 N–H and O–H groups in total. The summed E-state index contributed by atoms with van der Waals surface area (Å²) >= 11 is 0. The average molecular weight is 463 g/mol. The van der Waals surface area contributed by atoms with Gasteiger partial charge in [0.05, 0.1) is 18.8 Å². The van der Waals surface area contributed by atoms with Gasteiger partial charge in [0.15, 0.2) is 0 Å². The number of unbranched alkanes of at least 4 members (excludes halogenated alkanes) is 1. The summed E-state index contributed by atoms with van der Waals surface area (Å²) in [5.41, 5.74) is 0.735. The third-order valence-electron chi connectivity index (χ3n) is 4.13. The largest absolute Gasteiger partial charge is 0.511 e. The second-order valence-electron chi connectivity index (χ2n) is 6.70. The Morgan fingerprint density at radius 2 is 1.81 bits per heavy atom. The van der Waals surface area contributed by atoms with Gasteiger partial charge in [-0.2, -0.15) is 13.2 Å². The van der Waals surface area contributed by atoms with Gasteiger partial charge in [0, 0.05) is 5.56 Å². The normalized spacial score (nSPS) is 15.0. The molecular formula is C19H20F3NO9. The molecular weight excluding hydrogens is 443 g/mol. The van der Waals surface area contributed by atoms with Crippen LogP contribution in [0.3, 0.4) is 0 Å². The van der Waals surface area contributed by atoms with Crippen LogP contribution in [0.5, 0.6) is 5.75 Å². The van der Waals surface area contributed by atoms with Crippen LogP contribution in [0.4, 0.5) is 18.0 Å². The van der Waals surface area contributed by atoms with Crippen LogP contribution in [0.2, 0.25) is 0 Å². The summed E-state index contributed by atoms with van der Waals surface area (Å²) in [6.45, 7) is 2.01. The maximum atomic E-state index is 13.5. The van der Waals surface area contributed by atoms with Gasteiger partial charge in [-0.3, -0.25) is 0 Å². The van der Waals surface area contributed by atoms with Crippen LogP contribution in [0.25, 0.3) is 6.08 Å². The zero-order valence-electron chi connectivity index (χ0n) is 17.1. The van der Waals surface area contributed by atoms with E-state index in [1.54, 1.807) is 26.0 Å². The van der Waals surface area contributed by atoms with Crippen molar-refractivity contribution >= 4 is 18.2 Å². The summed E-state index contributed by atoms with van der Waals surface area (Å²) < 4.78 is 59.2. The summed E-state index contributed by atoms with van der Waals surface area (Å²) in [5.74, 6) is -1.36. The molecule has 1 heterocycles. The number of nitrogens with zero attached hydrogens (tertiary/aromatic N) is 1. The lowest BCUT2D eigenvalue weighted by Crippen LogP contribution is -2.41. The Morgan fingerprint density at radius 1 is 1.12 bits per heavy atom. The van der Waals surface area contributed by atoms with Crippen molar-refractivity contribution in [3.8, 4) is 5.75 Å². The molecule has 1 unspecified atom stereocenters. The van der Waals surface area contributed by atoms with Gasteiger partial charge < -0.3 is 23.8 Å². The van der Waals surface area contributed by atoms with Gasteiger partial charge in [-0.15, -0.1) is 10.1 Å². The molecule has 1 aromatic rings. The van der Waals surface area contributed by atoms with Crippen molar-refractivity contribution in [3.05, 3.63) is 44.5 Å². The van der Waals surface area contributed by atoms with Gasteiger partial charge in [0.25, 0.3) is 5.09 Å². The van der Waals surface area contributed by atoms with Crippen LogP contribution < -0.4 is 4.74 Å².